The van der Waals surface area contributed by atoms with Crippen molar-refractivity contribution in [2.45, 2.75) is 32.2 Å². The van der Waals surface area contributed by atoms with Crippen molar-refractivity contribution in [3.05, 3.63) is 57.2 Å². The van der Waals surface area contributed by atoms with Gasteiger partial charge in [-0.25, -0.2) is 0 Å². The van der Waals surface area contributed by atoms with Crippen LogP contribution >= 0.6 is 22.9 Å². The van der Waals surface area contributed by atoms with Crippen LogP contribution in [0.25, 0.3) is 0 Å². The van der Waals surface area contributed by atoms with Gasteiger partial charge in [0.25, 0.3) is 5.91 Å². The molecule has 2 N–H and O–H groups in total. The summed E-state index contributed by atoms with van der Waals surface area (Å²) < 4.78 is 0. The lowest BCUT2D eigenvalue weighted by Crippen LogP contribution is -2.29. The first-order valence-electron chi connectivity index (χ1n) is 7.95. The summed E-state index contributed by atoms with van der Waals surface area (Å²) >= 11 is 7.38. The third kappa shape index (κ3) is 5.65. The Labute approximate surface area is 151 Å². The van der Waals surface area contributed by atoms with Gasteiger partial charge < -0.3 is 10.6 Å². The molecule has 0 aliphatic rings. The molecule has 0 saturated heterocycles. The average molecular weight is 365 g/mol. The Bertz CT molecular complexity index is 656. The highest BCUT2D eigenvalue weighted by Gasteiger charge is 2.12. The normalized spacial score (nSPS) is 11.8. The van der Waals surface area contributed by atoms with E-state index in [1.54, 1.807) is 11.4 Å². The Kier molecular flexibility index (Phi) is 7.28. The molecule has 4 nitrogen and oxygen atoms in total. The highest BCUT2D eigenvalue weighted by atomic mass is 35.5. The van der Waals surface area contributed by atoms with Gasteiger partial charge in [0.2, 0.25) is 5.91 Å². The van der Waals surface area contributed by atoms with E-state index in [1.165, 1.54) is 11.3 Å². The van der Waals surface area contributed by atoms with Crippen LogP contribution in [0, 0.1) is 0 Å². The maximum Gasteiger partial charge on any atom is 0.252 e. The van der Waals surface area contributed by atoms with Crippen molar-refractivity contribution in [1.29, 1.82) is 0 Å². The van der Waals surface area contributed by atoms with Gasteiger partial charge in [0.1, 0.15) is 0 Å². The van der Waals surface area contributed by atoms with Crippen LogP contribution in [0.4, 0.5) is 0 Å². The average Bonchev–Trinajstić information content (AvgIpc) is 3.12. The number of hydrogen-bond acceptors (Lipinski definition) is 3. The number of benzene rings is 1. The molecule has 1 aromatic heterocycles. The lowest BCUT2D eigenvalue weighted by atomic mass is 10.0. The van der Waals surface area contributed by atoms with Gasteiger partial charge in [-0.2, -0.15) is 11.3 Å². The molecule has 2 amide bonds. The predicted molar refractivity (Wildman–Crippen MR) is 98.5 cm³/mol. The van der Waals surface area contributed by atoms with Crippen LogP contribution in [0.3, 0.4) is 0 Å². The van der Waals surface area contributed by atoms with Crippen molar-refractivity contribution in [3.8, 4) is 0 Å². The first-order chi connectivity index (χ1) is 11.6. The number of rotatable bonds is 8. The van der Waals surface area contributed by atoms with Crippen molar-refractivity contribution in [2.75, 3.05) is 6.54 Å². The third-order valence-corrected chi connectivity index (χ3v) is 4.60. The molecule has 24 heavy (non-hydrogen) atoms. The fourth-order valence-electron chi connectivity index (χ4n) is 2.33. The second kappa shape index (κ2) is 9.45. The maximum absolute atomic E-state index is 12.1. The predicted octanol–water partition coefficient (Wildman–Crippen LogP) is 4.18. The molecule has 128 valence electrons. The number of hydrogen-bond donors (Lipinski definition) is 2. The molecule has 0 bridgehead atoms. The molecule has 0 fully saturated rings. The zero-order chi connectivity index (χ0) is 17.4. The summed E-state index contributed by atoms with van der Waals surface area (Å²) in [7, 11) is 0. The molecule has 0 spiro atoms. The zero-order valence-corrected chi connectivity index (χ0v) is 15.1. The Morgan fingerprint density at radius 2 is 1.96 bits per heavy atom. The molecule has 6 heteroatoms. The number of nitrogens with one attached hydrogen (secondary N) is 2. The maximum atomic E-state index is 12.1. The molecule has 0 aliphatic carbocycles. The number of carbonyl (C=O) groups excluding carboxylic acids is 2. The molecule has 2 aromatic rings. The summed E-state index contributed by atoms with van der Waals surface area (Å²) in [6.45, 7) is 2.51. The summed E-state index contributed by atoms with van der Waals surface area (Å²) in [6.07, 6.45) is 1.80. The van der Waals surface area contributed by atoms with Gasteiger partial charge in [0, 0.05) is 28.9 Å². The Morgan fingerprint density at radius 1 is 1.21 bits per heavy atom. The summed E-state index contributed by atoms with van der Waals surface area (Å²) in [5, 5.41) is 10.2. The van der Waals surface area contributed by atoms with Crippen LogP contribution < -0.4 is 10.6 Å². The molecule has 0 aliphatic heterocycles. The molecule has 0 saturated carbocycles. The zero-order valence-electron chi connectivity index (χ0n) is 13.5. The van der Waals surface area contributed by atoms with Crippen molar-refractivity contribution < 1.29 is 9.59 Å². The Morgan fingerprint density at radius 3 is 2.58 bits per heavy atom. The van der Waals surface area contributed by atoms with Gasteiger partial charge >= 0.3 is 0 Å². The largest absolute Gasteiger partial charge is 0.352 e. The van der Waals surface area contributed by atoms with E-state index in [2.05, 4.69) is 10.6 Å². The lowest BCUT2D eigenvalue weighted by molar-refractivity contribution is -0.122. The van der Waals surface area contributed by atoms with Gasteiger partial charge in [0.05, 0.1) is 6.04 Å². The highest BCUT2D eigenvalue weighted by molar-refractivity contribution is 7.08. The van der Waals surface area contributed by atoms with Crippen LogP contribution in [0.5, 0.6) is 0 Å². The standard InChI is InChI=1S/C18H21ClN2O2S/c1-2-16(13-5-7-15(19)8-6-13)21-17(22)4-3-10-20-18(23)14-9-11-24-12-14/h5-9,11-12,16H,2-4,10H2,1H3,(H,20,23)(H,21,22). The summed E-state index contributed by atoms with van der Waals surface area (Å²) in [4.78, 5) is 23.8. The molecular weight excluding hydrogens is 344 g/mol. The second-order valence-corrected chi connectivity index (χ2v) is 6.67. The van der Waals surface area contributed by atoms with Gasteiger partial charge in [-0.05, 0) is 42.0 Å². The van der Waals surface area contributed by atoms with Crippen LogP contribution in [0.15, 0.2) is 41.1 Å². The number of amides is 2. The molecule has 1 unspecified atom stereocenters. The van der Waals surface area contributed by atoms with Crippen LogP contribution in [-0.2, 0) is 4.79 Å². The van der Waals surface area contributed by atoms with Crippen molar-refractivity contribution >= 4 is 34.8 Å². The quantitative estimate of drug-likeness (QED) is 0.690. The van der Waals surface area contributed by atoms with Crippen LogP contribution in [-0.4, -0.2) is 18.4 Å². The fourth-order valence-corrected chi connectivity index (χ4v) is 3.09. The van der Waals surface area contributed by atoms with E-state index in [4.69, 9.17) is 11.6 Å². The summed E-state index contributed by atoms with van der Waals surface area (Å²) in [5.41, 5.74) is 1.71. The van der Waals surface area contributed by atoms with Crippen molar-refractivity contribution in [3.63, 3.8) is 0 Å². The Hall–Kier alpha value is -1.85. The van der Waals surface area contributed by atoms with E-state index in [-0.39, 0.29) is 17.9 Å². The topological polar surface area (TPSA) is 58.2 Å². The smallest absolute Gasteiger partial charge is 0.252 e. The molecule has 1 atom stereocenters. The van der Waals surface area contributed by atoms with Gasteiger partial charge in [-0.15, -0.1) is 0 Å². The number of thiophene rings is 1. The number of halogens is 1. The van der Waals surface area contributed by atoms with E-state index in [0.29, 0.717) is 30.0 Å². The van der Waals surface area contributed by atoms with E-state index < -0.39 is 0 Å². The summed E-state index contributed by atoms with van der Waals surface area (Å²) in [6, 6.07) is 9.27. The molecule has 1 heterocycles. The Balaban J connectivity index is 1.72. The van der Waals surface area contributed by atoms with Crippen LogP contribution in [0.2, 0.25) is 5.02 Å². The second-order valence-electron chi connectivity index (χ2n) is 5.45. The molecule has 0 radical (unpaired) electrons. The minimum Gasteiger partial charge on any atom is -0.352 e. The van der Waals surface area contributed by atoms with E-state index in [0.717, 1.165) is 12.0 Å². The van der Waals surface area contributed by atoms with Gasteiger partial charge in [-0.1, -0.05) is 30.7 Å². The van der Waals surface area contributed by atoms with E-state index in [1.807, 2.05) is 36.6 Å². The SMILES string of the molecule is CCC(NC(=O)CCCNC(=O)c1ccsc1)c1ccc(Cl)cc1. The minimum atomic E-state index is -0.0933. The lowest BCUT2D eigenvalue weighted by Gasteiger charge is -2.17. The van der Waals surface area contributed by atoms with E-state index >= 15 is 0 Å². The van der Waals surface area contributed by atoms with Crippen molar-refractivity contribution in [1.82, 2.24) is 10.6 Å². The first kappa shape index (κ1) is 18.5. The van der Waals surface area contributed by atoms with Crippen LogP contribution in [0.1, 0.15) is 48.1 Å². The molecule has 2 rings (SSSR count). The fraction of sp³-hybridized carbons (Fsp3) is 0.333. The van der Waals surface area contributed by atoms with Gasteiger partial charge in [0.15, 0.2) is 0 Å². The monoisotopic (exact) mass is 364 g/mol. The third-order valence-electron chi connectivity index (χ3n) is 3.67. The van der Waals surface area contributed by atoms with Gasteiger partial charge in [-0.3, -0.25) is 9.59 Å². The van der Waals surface area contributed by atoms with Crippen molar-refractivity contribution in [2.24, 2.45) is 0 Å². The number of carbonyl (C=O) groups is 2. The molecular formula is C18H21ClN2O2S. The summed E-state index contributed by atoms with van der Waals surface area (Å²) in [5.74, 6) is -0.106. The minimum absolute atomic E-state index is 0.0124. The molecule has 1 aromatic carbocycles. The highest BCUT2D eigenvalue weighted by Crippen LogP contribution is 2.19. The van der Waals surface area contributed by atoms with E-state index in [9.17, 15) is 9.59 Å². The first-order valence-corrected chi connectivity index (χ1v) is 9.27.